The van der Waals surface area contributed by atoms with Crippen LogP contribution in [0.4, 0.5) is 10.5 Å². The number of aromatic hydroxyl groups is 1. The van der Waals surface area contributed by atoms with Crippen LogP contribution >= 0.6 is 11.8 Å². The van der Waals surface area contributed by atoms with Crippen molar-refractivity contribution in [2.45, 2.75) is 13.0 Å². The van der Waals surface area contributed by atoms with Crippen LogP contribution in [0.25, 0.3) is 11.4 Å². The van der Waals surface area contributed by atoms with E-state index in [4.69, 9.17) is 14.0 Å². The molecule has 162 valence electrons. The average molecular weight is 442 g/mol. The number of phenols is 1. The van der Waals surface area contributed by atoms with Crippen molar-refractivity contribution < 1.29 is 23.9 Å². The van der Waals surface area contributed by atoms with Crippen molar-refractivity contribution in [2.75, 3.05) is 25.8 Å². The highest BCUT2D eigenvalue weighted by molar-refractivity contribution is 8.13. The number of amides is 1. The van der Waals surface area contributed by atoms with Gasteiger partial charge in [-0.05, 0) is 48.2 Å². The molecule has 0 spiro atoms. The van der Waals surface area contributed by atoms with E-state index < -0.39 is 12.1 Å². The fourth-order valence-electron chi connectivity index (χ4n) is 2.82. The normalized spacial score (nSPS) is 12.3. The summed E-state index contributed by atoms with van der Waals surface area (Å²) in [6, 6.07) is 11.9. The van der Waals surface area contributed by atoms with Gasteiger partial charge in [0.2, 0.25) is 11.7 Å². The molecule has 1 heterocycles. The Labute approximate surface area is 183 Å². The molecule has 0 radical (unpaired) electrons. The third-order valence-electron chi connectivity index (χ3n) is 4.35. The molecule has 0 fully saturated rings. The third kappa shape index (κ3) is 5.34. The number of carbonyl (C=O) groups is 1. The summed E-state index contributed by atoms with van der Waals surface area (Å²) >= 11 is 1.31. The number of nitrogens with one attached hydrogen (secondary N) is 1. The van der Waals surface area contributed by atoms with E-state index in [2.05, 4.69) is 20.4 Å². The Morgan fingerprint density at radius 1 is 1.23 bits per heavy atom. The Morgan fingerprint density at radius 3 is 2.55 bits per heavy atom. The second kappa shape index (κ2) is 9.98. The molecule has 9 nitrogen and oxygen atoms in total. The van der Waals surface area contributed by atoms with Gasteiger partial charge in [-0.2, -0.15) is 9.98 Å². The second-order valence-electron chi connectivity index (χ2n) is 6.35. The lowest BCUT2D eigenvalue weighted by Crippen LogP contribution is -2.20. The molecule has 0 bridgehead atoms. The smallest absolute Gasteiger partial charge is 0.434 e. The fraction of sp³-hybridized carbons (Fsp3) is 0.238. The van der Waals surface area contributed by atoms with E-state index in [1.165, 1.54) is 32.0 Å². The molecule has 0 aliphatic heterocycles. The minimum absolute atomic E-state index is 0.0142. The lowest BCUT2D eigenvalue weighted by molar-refractivity contribution is 0.182. The number of hydrogen-bond acceptors (Lipinski definition) is 9. The number of methoxy groups -OCH3 is 2. The number of anilines is 1. The van der Waals surface area contributed by atoms with Crippen molar-refractivity contribution in [3.63, 3.8) is 0 Å². The van der Waals surface area contributed by atoms with Crippen LogP contribution in [-0.2, 0) is 4.74 Å². The van der Waals surface area contributed by atoms with Crippen molar-refractivity contribution in [3.05, 3.63) is 53.9 Å². The van der Waals surface area contributed by atoms with Crippen molar-refractivity contribution in [2.24, 2.45) is 4.99 Å². The van der Waals surface area contributed by atoms with Crippen LogP contribution in [0.5, 0.6) is 11.5 Å². The van der Waals surface area contributed by atoms with Crippen LogP contribution in [0.15, 0.2) is 52.0 Å². The Hall–Kier alpha value is -3.53. The molecule has 3 aromatic rings. The Morgan fingerprint density at radius 2 is 1.97 bits per heavy atom. The van der Waals surface area contributed by atoms with Crippen molar-refractivity contribution in [1.29, 1.82) is 0 Å². The highest BCUT2D eigenvalue weighted by atomic mass is 32.2. The topological polar surface area (TPSA) is 119 Å². The number of aromatic nitrogens is 2. The number of aliphatic imine (C=N–C) groups is 1. The van der Waals surface area contributed by atoms with Gasteiger partial charge < -0.3 is 24.4 Å². The minimum atomic E-state index is -0.704. The molecule has 1 amide bonds. The Balaban J connectivity index is 1.96. The van der Waals surface area contributed by atoms with E-state index >= 15 is 0 Å². The van der Waals surface area contributed by atoms with Crippen LogP contribution in [0.2, 0.25) is 0 Å². The van der Waals surface area contributed by atoms with Gasteiger partial charge in [0.15, 0.2) is 11.5 Å². The maximum Gasteiger partial charge on any atom is 0.434 e. The SMILES string of the molecule is COC(=O)N=C(SC)C(Nc1ccc(-c2noc(C)n2)cc1)c1ccc(O)c(OC)c1. The van der Waals surface area contributed by atoms with Gasteiger partial charge in [-0.25, -0.2) is 4.79 Å². The van der Waals surface area contributed by atoms with Gasteiger partial charge in [0.05, 0.1) is 14.2 Å². The first kappa shape index (κ1) is 22.2. The summed E-state index contributed by atoms with van der Waals surface area (Å²) in [5.74, 6) is 1.31. The fourth-order valence-corrected chi connectivity index (χ4v) is 3.42. The van der Waals surface area contributed by atoms with Crippen LogP contribution in [0.1, 0.15) is 17.5 Å². The molecular weight excluding hydrogens is 420 g/mol. The second-order valence-corrected chi connectivity index (χ2v) is 7.17. The van der Waals surface area contributed by atoms with E-state index in [9.17, 15) is 9.90 Å². The maximum atomic E-state index is 11.8. The van der Waals surface area contributed by atoms with Crippen LogP contribution in [-0.4, -0.2) is 46.9 Å². The zero-order chi connectivity index (χ0) is 22.4. The lowest BCUT2D eigenvalue weighted by atomic mass is 10.1. The van der Waals surface area contributed by atoms with Gasteiger partial charge in [-0.15, -0.1) is 11.8 Å². The molecule has 0 saturated heterocycles. The molecule has 10 heteroatoms. The van der Waals surface area contributed by atoms with E-state index in [1.807, 2.05) is 30.5 Å². The number of rotatable bonds is 6. The number of carbonyl (C=O) groups excluding carboxylic acids is 1. The molecular formula is C21H22N4O5S. The summed E-state index contributed by atoms with van der Waals surface area (Å²) in [7, 11) is 2.74. The van der Waals surface area contributed by atoms with E-state index in [-0.39, 0.29) is 5.75 Å². The molecule has 2 N–H and O–H groups in total. The number of hydrogen-bond donors (Lipinski definition) is 2. The van der Waals surface area contributed by atoms with Gasteiger partial charge in [0.1, 0.15) is 11.1 Å². The van der Waals surface area contributed by atoms with Gasteiger partial charge in [-0.3, -0.25) is 0 Å². The van der Waals surface area contributed by atoms with E-state index in [1.54, 1.807) is 19.1 Å². The first-order valence-electron chi connectivity index (χ1n) is 9.20. The largest absolute Gasteiger partial charge is 0.504 e. The standard InChI is InChI=1S/C21H22N4O5S/c1-12-22-19(25-30-12)13-5-8-15(9-6-13)23-18(20(31-4)24-21(27)29-3)14-7-10-16(26)17(11-14)28-2/h5-11,18,23,26H,1-4H3. The van der Waals surface area contributed by atoms with Gasteiger partial charge in [0, 0.05) is 18.2 Å². The summed E-state index contributed by atoms with van der Waals surface area (Å²) in [5.41, 5.74) is 2.32. The zero-order valence-electron chi connectivity index (χ0n) is 17.4. The molecule has 3 rings (SSSR count). The molecule has 1 atom stereocenters. The number of ether oxygens (including phenoxy) is 2. The molecule has 1 unspecified atom stereocenters. The number of benzene rings is 2. The highest BCUT2D eigenvalue weighted by Crippen LogP contribution is 2.33. The number of phenolic OH excluding ortho intramolecular Hbond substituents is 1. The van der Waals surface area contributed by atoms with E-state index in [0.717, 1.165) is 16.8 Å². The maximum absolute atomic E-state index is 11.8. The number of aryl methyl sites for hydroxylation is 1. The van der Waals surface area contributed by atoms with Crippen LogP contribution in [0.3, 0.4) is 0 Å². The van der Waals surface area contributed by atoms with Crippen molar-refractivity contribution in [1.82, 2.24) is 10.1 Å². The first-order chi connectivity index (χ1) is 14.9. The molecule has 0 saturated carbocycles. The lowest BCUT2D eigenvalue weighted by Gasteiger charge is -2.22. The monoisotopic (exact) mass is 442 g/mol. The minimum Gasteiger partial charge on any atom is -0.504 e. The number of nitrogens with zero attached hydrogens (tertiary/aromatic N) is 3. The van der Waals surface area contributed by atoms with Gasteiger partial charge >= 0.3 is 6.09 Å². The summed E-state index contributed by atoms with van der Waals surface area (Å²) in [6.45, 7) is 1.73. The van der Waals surface area contributed by atoms with Gasteiger partial charge in [0.25, 0.3) is 0 Å². The Bertz CT molecular complexity index is 1080. The summed E-state index contributed by atoms with van der Waals surface area (Å²) in [6.07, 6.45) is 1.11. The van der Waals surface area contributed by atoms with Crippen LogP contribution in [0, 0.1) is 6.92 Å². The predicted molar refractivity (Wildman–Crippen MR) is 119 cm³/mol. The molecule has 31 heavy (non-hydrogen) atoms. The molecule has 0 aliphatic rings. The quantitative estimate of drug-likeness (QED) is 0.422. The number of thioether (sulfide) groups is 1. The van der Waals surface area contributed by atoms with Crippen LogP contribution < -0.4 is 10.1 Å². The highest BCUT2D eigenvalue weighted by Gasteiger charge is 2.21. The first-order valence-corrected chi connectivity index (χ1v) is 10.4. The zero-order valence-corrected chi connectivity index (χ0v) is 18.3. The molecule has 2 aromatic carbocycles. The summed E-state index contributed by atoms with van der Waals surface area (Å²) < 4.78 is 14.9. The molecule has 0 aliphatic carbocycles. The predicted octanol–water partition coefficient (Wildman–Crippen LogP) is 4.44. The van der Waals surface area contributed by atoms with E-state index in [0.29, 0.717) is 22.5 Å². The van der Waals surface area contributed by atoms with Crippen molar-refractivity contribution >= 4 is 28.6 Å². The summed E-state index contributed by atoms with van der Waals surface area (Å²) in [4.78, 5) is 20.1. The third-order valence-corrected chi connectivity index (χ3v) is 5.10. The Kier molecular flexibility index (Phi) is 7.14. The molecule has 1 aromatic heterocycles. The summed E-state index contributed by atoms with van der Waals surface area (Å²) in [5, 5.41) is 17.7. The van der Waals surface area contributed by atoms with Gasteiger partial charge in [-0.1, -0.05) is 11.2 Å². The van der Waals surface area contributed by atoms with Crippen molar-refractivity contribution in [3.8, 4) is 22.9 Å². The average Bonchev–Trinajstić information content (AvgIpc) is 3.23.